The summed E-state index contributed by atoms with van der Waals surface area (Å²) in [6, 6.07) is 10.4. The molecule has 1 aromatic heterocycles. The molecule has 0 bridgehead atoms. The monoisotopic (exact) mass is 452 g/mol. The topological polar surface area (TPSA) is 51.6 Å². The molecular weight excluding hydrogens is 420 g/mol. The molecule has 0 amide bonds. The molecular formula is C26H33ClN4O. The van der Waals surface area contributed by atoms with Gasteiger partial charge in [0.05, 0.1) is 17.4 Å². The van der Waals surface area contributed by atoms with Crippen LogP contribution in [-0.2, 0) is 6.54 Å². The van der Waals surface area contributed by atoms with Gasteiger partial charge in [-0.25, -0.2) is 4.98 Å². The molecule has 2 aromatic rings. The molecule has 6 heteroatoms. The van der Waals surface area contributed by atoms with Crippen molar-refractivity contribution >= 4 is 17.3 Å². The summed E-state index contributed by atoms with van der Waals surface area (Å²) < 4.78 is 0. The molecule has 5 nitrogen and oxygen atoms in total. The van der Waals surface area contributed by atoms with Crippen LogP contribution in [0.5, 0.6) is 0 Å². The zero-order valence-electron chi connectivity index (χ0n) is 18.9. The van der Waals surface area contributed by atoms with E-state index in [1.807, 2.05) is 6.07 Å². The van der Waals surface area contributed by atoms with Gasteiger partial charge in [0.15, 0.2) is 0 Å². The molecule has 2 aliphatic rings. The molecule has 2 heterocycles. The summed E-state index contributed by atoms with van der Waals surface area (Å²) in [5.74, 6) is 7.11. The number of benzene rings is 1. The summed E-state index contributed by atoms with van der Waals surface area (Å²) in [5.41, 5.74) is 4.10. The van der Waals surface area contributed by atoms with Crippen LogP contribution in [0.15, 0.2) is 36.5 Å². The highest BCUT2D eigenvalue weighted by atomic mass is 35.5. The highest BCUT2D eigenvalue weighted by Crippen LogP contribution is 2.26. The average molecular weight is 453 g/mol. The molecule has 2 N–H and O–H groups in total. The Bertz CT molecular complexity index is 937. The van der Waals surface area contributed by atoms with Crippen LogP contribution in [0, 0.1) is 17.8 Å². The van der Waals surface area contributed by atoms with Crippen LogP contribution in [0.25, 0.3) is 0 Å². The Hall–Kier alpha value is -2.10. The average Bonchev–Trinajstić information content (AvgIpc) is 2.80. The molecule has 0 atom stereocenters. The minimum atomic E-state index is -0.129. The molecule has 1 aliphatic carbocycles. The predicted octanol–water partition coefficient (Wildman–Crippen LogP) is 3.85. The number of aliphatic hydroxyl groups excluding tert-OH is 1. The van der Waals surface area contributed by atoms with Gasteiger partial charge in [-0.05, 0) is 62.4 Å². The van der Waals surface area contributed by atoms with E-state index >= 15 is 0 Å². The Kier molecular flexibility index (Phi) is 8.05. The first-order valence-electron chi connectivity index (χ1n) is 11.6. The quantitative estimate of drug-likeness (QED) is 0.533. The molecule has 170 valence electrons. The third kappa shape index (κ3) is 6.70. The fourth-order valence-corrected chi connectivity index (χ4v) is 4.53. The van der Waals surface area contributed by atoms with Gasteiger partial charge in [-0.3, -0.25) is 4.90 Å². The van der Waals surface area contributed by atoms with E-state index in [0.717, 1.165) is 81.8 Å². The number of anilines is 1. The number of likely N-dealkylation sites (N-methyl/N-ethyl adjacent to an activating group) is 1. The first-order chi connectivity index (χ1) is 15.5. The number of hydrogen-bond donors (Lipinski definition) is 2. The lowest BCUT2D eigenvalue weighted by Crippen LogP contribution is -2.43. The summed E-state index contributed by atoms with van der Waals surface area (Å²) in [6.45, 7) is 6.38. The van der Waals surface area contributed by atoms with E-state index < -0.39 is 0 Å². The summed E-state index contributed by atoms with van der Waals surface area (Å²) >= 11 is 6.14. The van der Waals surface area contributed by atoms with Crippen molar-refractivity contribution in [3.63, 3.8) is 0 Å². The number of nitrogens with one attached hydrogen (secondary N) is 1. The summed E-state index contributed by atoms with van der Waals surface area (Å²) in [4.78, 5) is 9.11. The Morgan fingerprint density at radius 1 is 1.06 bits per heavy atom. The maximum absolute atomic E-state index is 9.71. The zero-order valence-corrected chi connectivity index (χ0v) is 19.6. The third-order valence-electron chi connectivity index (χ3n) is 6.57. The van der Waals surface area contributed by atoms with Crippen molar-refractivity contribution in [1.82, 2.24) is 14.8 Å². The molecule has 0 radical (unpaired) electrons. The number of aromatic nitrogens is 1. The van der Waals surface area contributed by atoms with Gasteiger partial charge in [-0.1, -0.05) is 35.6 Å². The maximum Gasteiger partial charge on any atom is 0.131 e. The van der Waals surface area contributed by atoms with Crippen molar-refractivity contribution in [2.45, 2.75) is 38.3 Å². The minimum absolute atomic E-state index is 0.129. The summed E-state index contributed by atoms with van der Waals surface area (Å²) in [5, 5.41) is 13.7. The molecule has 1 aromatic carbocycles. The molecule has 32 heavy (non-hydrogen) atoms. The van der Waals surface area contributed by atoms with Crippen molar-refractivity contribution in [1.29, 1.82) is 0 Å². The van der Waals surface area contributed by atoms with E-state index in [2.05, 4.69) is 63.3 Å². The fraction of sp³-hybridized carbons (Fsp3) is 0.500. The number of nitrogens with zero attached hydrogens (tertiary/aromatic N) is 3. The molecule has 1 saturated heterocycles. The Balaban J connectivity index is 1.37. The van der Waals surface area contributed by atoms with Crippen molar-refractivity contribution in [3.05, 3.63) is 58.4 Å². The van der Waals surface area contributed by atoms with Crippen molar-refractivity contribution in [2.24, 2.45) is 5.92 Å². The van der Waals surface area contributed by atoms with E-state index in [4.69, 9.17) is 11.6 Å². The number of pyridine rings is 1. The van der Waals surface area contributed by atoms with Gasteiger partial charge in [0.25, 0.3) is 0 Å². The fourth-order valence-electron chi connectivity index (χ4n) is 4.38. The standard InChI is InChI=1S/C26H33ClN4O/c1-30-12-14-31(15-13-30)19-22-4-2-20(3-5-22)6-9-23-18-29-26(27)16-25(23)28-17-21-7-10-24(32)11-8-21/h2-5,16,18,21,24,32H,7-8,10-15,17,19H2,1H3,(H,28,29). The Morgan fingerprint density at radius 3 is 2.50 bits per heavy atom. The van der Waals surface area contributed by atoms with Crippen LogP contribution in [0.4, 0.5) is 5.69 Å². The van der Waals surface area contributed by atoms with Crippen LogP contribution in [-0.4, -0.2) is 65.8 Å². The summed E-state index contributed by atoms with van der Waals surface area (Å²) in [6.07, 6.45) is 5.49. The lowest BCUT2D eigenvalue weighted by Gasteiger charge is -2.32. The number of piperazine rings is 1. The second kappa shape index (κ2) is 11.2. The van der Waals surface area contributed by atoms with Crippen LogP contribution in [0.3, 0.4) is 0 Å². The van der Waals surface area contributed by atoms with Crippen LogP contribution < -0.4 is 5.32 Å². The lowest BCUT2D eigenvalue weighted by molar-refractivity contribution is 0.111. The van der Waals surface area contributed by atoms with E-state index in [1.165, 1.54) is 5.56 Å². The lowest BCUT2D eigenvalue weighted by atomic mass is 9.87. The number of aliphatic hydroxyl groups is 1. The van der Waals surface area contributed by atoms with E-state index in [0.29, 0.717) is 11.1 Å². The molecule has 0 spiro atoms. The van der Waals surface area contributed by atoms with Crippen LogP contribution in [0.1, 0.15) is 42.4 Å². The Labute approximate surface area is 196 Å². The van der Waals surface area contributed by atoms with Crippen molar-refractivity contribution < 1.29 is 5.11 Å². The van der Waals surface area contributed by atoms with E-state index in [9.17, 15) is 5.11 Å². The van der Waals surface area contributed by atoms with Gasteiger partial charge in [0.2, 0.25) is 0 Å². The smallest absolute Gasteiger partial charge is 0.131 e. The minimum Gasteiger partial charge on any atom is -0.393 e. The van der Waals surface area contributed by atoms with Gasteiger partial charge >= 0.3 is 0 Å². The zero-order chi connectivity index (χ0) is 22.3. The van der Waals surface area contributed by atoms with Crippen LogP contribution >= 0.6 is 11.6 Å². The molecule has 1 saturated carbocycles. The van der Waals surface area contributed by atoms with Gasteiger partial charge in [0.1, 0.15) is 5.15 Å². The van der Waals surface area contributed by atoms with Gasteiger partial charge in [0, 0.05) is 51.0 Å². The molecule has 2 fully saturated rings. The van der Waals surface area contributed by atoms with Crippen LogP contribution in [0.2, 0.25) is 5.15 Å². The van der Waals surface area contributed by atoms with E-state index in [1.54, 1.807) is 6.20 Å². The first-order valence-corrected chi connectivity index (χ1v) is 12.0. The highest BCUT2D eigenvalue weighted by molar-refractivity contribution is 6.29. The maximum atomic E-state index is 9.71. The SMILES string of the molecule is CN1CCN(Cc2ccc(C#Cc3cnc(Cl)cc3NCC3CCC(O)CC3)cc2)CC1. The van der Waals surface area contributed by atoms with Crippen molar-refractivity contribution in [3.8, 4) is 11.8 Å². The van der Waals surface area contributed by atoms with Crippen molar-refractivity contribution in [2.75, 3.05) is 45.1 Å². The summed E-state index contributed by atoms with van der Waals surface area (Å²) in [7, 11) is 2.18. The number of halogens is 1. The normalized spacial score (nSPS) is 22.2. The molecule has 4 rings (SSSR count). The first kappa shape index (κ1) is 23.1. The van der Waals surface area contributed by atoms with E-state index in [-0.39, 0.29) is 6.10 Å². The van der Waals surface area contributed by atoms with Gasteiger partial charge in [-0.2, -0.15) is 0 Å². The Morgan fingerprint density at radius 2 is 1.78 bits per heavy atom. The molecule has 0 unspecified atom stereocenters. The predicted molar refractivity (Wildman–Crippen MR) is 131 cm³/mol. The number of hydrogen-bond acceptors (Lipinski definition) is 5. The largest absolute Gasteiger partial charge is 0.393 e. The van der Waals surface area contributed by atoms with Gasteiger partial charge in [-0.15, -0.1) is 0 Å². The number of rotatable bonds is 5. The highest BCUT2D eigenvalue weighted by Gasteiger charge is 2.19. The van der Waals surface area contributed by atoms with Gasteiger partial charge < -0.3 is 15.3 Å². The second-order valence-corrected chi connectivity index (χ2v) is 9.52. The second-order valence-electron chi connectivity index (χ2n) is 9.13. The molecule has 1 aliphatic heterocycles. The third-order valence-corrected chi connectivity index (χ3v) is 6.77.